The standard InChI is InChI=1S/C20H25NO3/c1-14-8-9-16(12-15(14)2)17(10-11-21(3)4)24-19-7-5-6-18-20(19)23-13-22-18/h5-9,12,17H,10-11,13H2,1-4H3. The second kappa shape index (κ2) is 7.14. The van der Waals surface area contributed by atoms with E-state index in [0.717, 1.165) is 24.5 Å². The van der Waals surface area contributed by atoms with Crippen molar-refractivity contribution in [3.05, 3.63) is 53.1 Å². The van der Waals surface area contributed by atoms with Gasteiger partial charge in [0.25, 0.3) is 0 Å². The highest BCUT2D eigenvalue weighted by atomic mass is 16.7. The van der Waals surface area contributed by atoms with Gasteiger partial charge in [-0.15, -0.1) is 0 Å². The normalized spacial score (nSPS) is 14.0. The molecule has 2 aromatic rings. The molecule has 1 unspecified atom stereocenters. The average molecular weight is 327 g/mol. The molecule has 0 N–H and O–H groups in total. The molecule has 0 aliphatic carbocycles. The summed E-state index contributed by atoms with van der Waals surface area (Å²) in [7, 11) is 4.16. The van der Waals surface area contributed by atoms with E-state index >= 15 is 0 Å². The van der Waals surface area contributed by atoms with Crippen molar-refractivity contribution in [3.8, 4) is 17.2 Å². The summed E-state index contributed by atoms with van der Waals surface area (Å²) in [5, 5.41) is 0. The van der Waals surface area contributed by atoms with Crippen LogP contribution in [0, 0.1) is 13.8 Å². The van der Waals surface area contributed by atoms with Crippen LogP contribution < -0.4 is 14.2 Å². The fraction of sp³-hybridized carbons (Fsp3) is 0.400. The van der Waals surface area contributed by atoms with Crippen LogP contribution in [0.5, 0.6) is 17.2 Å². The first-order chi connectivity index (χ1) is 11.5. The van der Waals surface area contributed by atoms with Crippen molar-refractivity contribution >= 4 is 0 Å². The van der Waals surface area contributed by atoms with Crippen molar-refractivity contribution in [1.82, 2.24) is 4.90 Å². The van der Waals surface area contributed by atoms with E-state index in [0.29, 0.717) is 5.75 Å². The Labute approximate surface area is 144 Å². The minimum Gasteiger partial charge on any atom is -0.482 e. The van der Waals surface area contributed by atoms with Crippen LogP contribution in [0.15, 0.2) is 36.4 Å². The van der Waals surface area contributed by atoms with E-state index in [9.17, 15) is 0 Å². The largest absolute Gasteiger partial charge is 0.482 e. The summed E-state index contributed by atoms with van der Waals surface area (Å²) >= 11 is 0. The molecule has 0 saturated carbocycles. The molecule has 0 radical (unpaired) electrons. The molecule has 1 aliphatic rings. The maximum absolute atomic E-state index is 6.36. The Bertz CT molecular complexity index is 712. The third-order valence-electron chi connectivity index (χ3n) is 4.37. The van der Waals surface area contributed by atoms with Crippen LogP contribution in [-0.4, -0.2) is 32.3 Å². The van der Waals surface area contributed by atoms with Gasteiger partial charge in [-0.2, -0.15) is 0 Å². The number of aryl methyl sites for hydroxylation is 2. The summed E-state index contributed by atoms with van der Waals surface area (Å²) in [5.74, 6) is 2.20. The minimum atomic E-state index is -0.0256. The number of benzene rings is 2. The Morgan fingerprint density at radius 2 is 1.92 bits per heavy atom. The third kappa shape index (κ3) is 3.65. The van der Waals surface area contributed by atoms with Crippen LogP contribution in [0.1, 0.15) is 29.2 Å². The Balaban J connectivity index is 1.87. The number of hydrogen-bond donors (Lipinski definition) is 0. The van der Waals surface area contributed by atoms with Crippen molar-refractivity contribution in [2.45, 2.75) is 26.4 Å². The van der Waals surface area contributed by atoms with Gasteiger partial charge in [-0.05, 0) is 56.8 Å². The first-order valence-corrected chi connectivity index (χ1v) is 8.32. The number of ether oxygens (including phenoxy) is 3. The molecule has 24 heavy (non-hydrogen) atoms. The van der Waals surface area contributed by atoms with Gasteiger partial charge in [0.2, 0.25) is 12.5 Å². The summed E-state index contributed by atoms with van der Waals surface area (Å²) in [6.45, 7) is 5.47. The molecule has 4 heteroatoms. The molecule has 1 heterocycles. The van der Waals surface area contributed by atoms with E-state index in [1.54, 1.807) is 0 Å². The van der Waals surface area contributed by atoms with Gasteiger partial charge in [-0.25, -0.2) is 0 Å². The Morgan fingerprint density at radius 1 is 1.08 bits per heavy atom. The Kier molecular flexibility index (Phi) is 4.95. The molecule has 1 atom stereocenters. The summed E-state index contributed by atoms with van der Waals surface area (Å²) in [6, 6.07) is 12.3. The first-order valence-electron chi connectivity index (χ1n) is 8.32. The van der Waals surface area contributed by atoms with Gasteiger partial charge < -0.3 is 19.1 Å². The topological polar surface area (TPSA) is 30.9 Å². The lowest BCUT2D eigenvalue weighted by Gasteiger charge is -2.23. The molecular formula is C20H25NO3. The Hall–Kier alpha value is -2.20. The lowest BCUT2D eigenvalue weighted by molar-refractivity contribution is 0.153. The van der Waals surface area contributed by atoms with Crippen LogP contribution >= 0.6 is 0 Å². The molecule has 0 saturated heterocycles. The number of rotatable bonds is 6. The summed E-state index contributed by atoms with van der Waals surface area (Å²) < 4.78 is 17.4. The highest BCUT2D eigenvalue weighted by Gasteiger charge is 2.22. The molecule has 0 amide bonds. The SMILES string of the molecule is Cc1ccc(C(CCN(C)C)Oc2cccc3c2OCO3)cc1C. The van der Waals surface area contributed by atoms with Crippen molar-refractivity contribution in [3.63, 3.8) is 0 Å². The van der Waals surface area contributed by atoms with Crippen LogP contribution in [0.25, 0.3) is 0 Å². The molecule has 128 valence electrons. The second-order valence-corrected chi connectivity index (χ2v) is 6.53. The van der Waals surface area contributed by atoms with Crippen molar-refractivity contribution < 1.29 is 14.2 Å². The molecule has 0 spiro atoms. The number of para-hydroxylation sites is 1. The van der Waals surface area contributed by atoms with Crippen molar-refractivity contribution in [2.24, 2.45) is 0 Å². The van der Waals surface area contributed by atoms with Gasteiger partial charge >= 0.3 is 0 Å². The quantitative estimate of drug-likeness (QED) is 0.799. The van der Waals surface area contributed by atoms with Crippen LogP contribution in [0.3, 0.4) is 0 Å². The van der Waals surface area contributed by atoms with E-state index in [2.05, 4.69) is 51.0 Å². The van der Waals surface area contributed by atoms with Crippen LogP contribution in [0.4, 0.5) is 0 Å². The molecule has 2 aromatic carbocycles. The number of hydrogen-bond acceptors (Lipinski definition) is 4. The zero-order chi connectivity index (χ0) is 17.1. The van der Waals surface area contributed by atoms with E-state index in [1.807, 2.05) is 18.2 Å². The number of nitrogens with zero attached hydrogens (tertiary/aromatic N) is 1. The van der Waals surface area contributed by atoms with E-state index < -0.39 is 0 Å². The molecule has 4 nitrogen and oxygen atoms in total. The highest BCUT2D eigenvalue weighted by molar-refractivity contribution is 5.52. The van der Waals surface area contributed by atoms with Gasteiger partial charge in [-0.3, -0.25) is 0 Å². The van der Waals surface area contributed by atoms with Gasteiger partial charge in [-0.1, -0.05) is 24.3 Å². The predicted octanol–water partition coefficient (Wildman–Crippen LogP) is 4.10. The van der Waals surface area contributed by atoms with Crippen molar-refractivity contribution in [2.75, 3.05) is 27.4 Å². The number of fused-ring (bicyclic) bond motifs is 1. The third-order valence-corrected chi connectivity index (χ3v) is 4.37. The minimum absolute atomic E-state index is 0.0256. The first kappa shape index (κ1) is 16.7. The second-order valence-electron chi connectivity index (χ2n) is 6.53. The fourth-order valence-corrected chi connectivity index (χ4v) is 2.78. The molecule has 1 aliphatic heterocycles. The maximum Gasteiger partial charge on any atom is 0.231 e. The lowest BCUT2D eigenvalue weighted by Crippen LogP contribution is -2.19. The highest BCUT2D eigenvalue weighted by Crippen LogP contribution is 2.42. The maximum atomic E-state index is 6.36. The smallest absolute Gasteiger partial charge is 0.231 e. The van der Waals surface area contributed by atoms with Crippen LogP contribution in [-0.2, 0) is 0 Å². The van der Waals surface area contributed by atoms with Crippen LogP contribution in [0.2, 0.25) is 0 Å². The summed E-state index contributed by atoms with van der Waals surface area (Å²) in [5.41, 5.74) is 3.77. The molecule has 0 bridgehead atoms. The lowest BCUT2D eigenvalue weighted by atomic mass is 10.0. The van der Waals surface area contributed by atoms with Gasteiger partial charge in [0.1, 0.15) is 6.10 Å². The predicted molar refractivity (Wildman–Crippen MR) is 95.0 cm³/mol. The van der Waals surface area contributed by atoms with E-state index in [-0.39, 0.29) is 12.9 Å². The van der Waals surface area contributed by atoms with Gasteiger partial charge in [0.05, 0.1) is 0 Å². The van der Waals surface area contributed by atoms with Crippen molar-refractivity contribution in [1.29, 1.82) is 0 Å². The molecular weight excluding hydrogens is 302 g/mol. The van der Waals surface area contributed by atoms with E-state index in [4.69, 9.17) is 14.2 Å². The van der Waals surface area contributed by atoms with E-state index in [1.165, 1.54) is 16.7 Å². The zero-order valence-electron chi connectivity index (χ0n) is 14.8. The summed E-state index contributed by atoms with van der Waals surface area (Å²) in [4.78, 5) is 2.17. The van der Waals surface area contributed by atoms with Gasteiger partial charge in [0.15, 0.2) is 11.5 Å². The fourth-order valence-electron chi connectivity index (χ4n) is 2.78. The Morgan fingerprint density at radius 3 is 2.67 bits per heavy atom. The zero-order valence-corrected chi connectivity index (χ0v) is 14.8. The molecule has 0 fully saturated rings. The molecule has 3 rings (SSSR count). The van der Waals surface area contributed by atoms with Gasteiger partial charge in [0, 0.05) is 13.0 Å². The average Bonchev–Trinajstić information content (AvgIpc) is 3.03. The summed E-state index contributed by atoms with van der Waals surface area (Å²) in [6.07, 6.45) is 0.877. The molecule has 0 aromatic heterocycles. The monoisotopic (exact) mass is 327 g/mol.